The summed E-state index contributed by atoms with van der Waals surface area (Å²) in [4.78, 5) is 5.40. The molecule has 0 saturated carbocycles. The fraction of sp³-hybridized carbons (Fsp3) is 0.373. The van der Waals surface area contributed by atoms with Crippen LogP contribution in [0.5, 0.6) is 0 Å². The van der Waals surface area contributed by atoms with Gasteiger partial charge in [0.1, 0.15) is 0 Å². The highest BCUT2D eigenvalue weighted by Crippen LogP contribution is 2.54. The van der Waals surface area contributed by atoms with Gasteiger partial charge in [0.2, 0.25) is 0 Å². The molecule has 7 aromatic carbocycles. The molecule has 0 saturated heterocycles. The number of hydrogen-bond acceptors (Lipinski definition) is 2. The van der Waals surface area contributed by atoms with Crippen LogP contribution < -0.4 is 26.2 Å². The van der Waals surface area contributed by atoms with E-state index in [-0.39, 0.29) is 39.2 Å². The van der Waals surface area contributed by atoms with E-state index in [2.05, 4.69) is 247 Å². The molecule has 11 rings (SSSR count). The Labute approximate surface area is 421 Å². The highest BCUT2D eigenvalue weighted by molar-refractivity contribution is 7.00. The summed E-state index contributed by atoms with van der Waals surface area (Å²) in [7, 11) is 0. The van der Waals surface area contributed by atoms with E-state index in [0.29, 0.717) is 0 Å². The van der Waals surface area contributed by atoms with Crippen molar-refractivity contribution in [2.75, 3.05) is 9.80 Å². The van der Waals surface area contributed by atoms with Gasteiger partial charge in [0.05, 0.1) is 5.69 Å². The molecule has 3 heteroatoms. The summed E-state index contributed by atoms with van der Waals surface area (Å²) in [5.41, 5.74) is 27.0. The van der Waals surface area contributed by atoms with Crippen LogP contribution in [0.25, 0.3) is 11.1 Å². The minimum atomic E-state index is -0.223. The molecule has 0 amide bonds. The van der Waals surface area contributed by atoms with Crippen LogP contribution >= 0.6 is 0 Å². The summed E-state index contributed by atoms with van der Waals surface area (Å²) >= 11 is 0. The molecule has 0 radical (unpaired) electrons. The van der Waals surface area contributed by atoms with Crippen LogP contribution in [0.4, 0.5) is 34.1 Å². The van der Waals surface area contributed by atoms with Crippen LogP contribution in [0, 0.1) is 13.8 Å². The Hall–Kier alpha value is -5.80. The van der Waals surface area contributed by atoms with E-state index < -0.39 is 0 Å². The first kappa shape index (κ1) is 46.6. The highest BCUT2D eigenvalue weighted by Gasteiger charge is 2.48. The molecular weight excluding hydrogens is 844 g/mol. The summed E-state index contributed by atoms with van der Waals surface area (Å²) < 4.78 is 0. The molecule has 2 aliphatic carbocycles. The number of nitrogens with zero attached hydrogens (tertiary/aromatic N) is 2. The Balaban J connectivity index is 1.28. The van der Waals surface area contributed by atoms with Gasteiger partial charge in [-0.1, -0.05) is 181 Å². The standard InChI is InChI=1S/C67H75BN2/c1-42-34-59-61-60(35-42)70(57-40-51-49(36-43(57)2)63(6,7)30-32-65(51,10)11)56-29-27-47(67(14,15)45-24-20-17-21-25-45)38-53(56)68(61)54-39-50-52(66(12,13)33-31-64(50,8)9)41-58(54)69(59)55-28-26-46(62(3,4)5)37-48(55)44-22-18-16-19-23-44/h16-29,34-41H,30-33H2,1-15H3. The van der Waals surface area contributed by atoms with E-state index in [9.17, 15) is 0 Å². The quantitative estimate of drug-likeness (QED) is 0.159. The molecule has 7 aromatic rings. The number of fused-ring (bicyclic) bond motifs is 6. The van der Waals surface area contributed by atoms with E-state index in [1.165, 1.54) is 125 Å². The van der Waals surface area contributed by atoms with E-state index in [0.717, 1.165) is 12.8 Å². The molecule has 0 atom stereocenters. The van der Waals surface area contributed by atoms with Crippen LogP contribution in [0.15, 0.2) is 133 Å². The summed E-state index contributed by atoms with van der Waals surface area (Å²) in [5, 5.41) is 0. The van der Waals surface area contributed by atoms with E-state index in [1.807, 2.05) is 0 Å². The number of aryl methyl sites for hydroxylation is 2. The summed E-state index contributed by atoms with van der Waals surface area (Å²) in [6.45, 7) is 36.4. The van der Waals surface area contributed by atoms with Gasteiger partial charge in [0, 0.05) is 39.4 Å². The number of hydrogen-bond donors (Lipinski definition) is 0. The second kappa shape index (κ2) is 15.6. The third-order valence-electron chi connectivity index (χ3n) is 18.0. The molecule has 0 spiro atoms. The normalized spacial score (nSPS) is 18.1. The van der Waals surface area contributed by atoms with Gasteiger partial charge in [-0.3, -0.25) is 0 Å². The molecule has 70 heavy (non-hydrogen) atoms. The van der Waals surface area contributed by atoms with Gasteiger partial charge in [0.15, 0.2) is 0 Å². The molecule has 356 valence electrons. The van der Waals surface area contributed by atoms with Crippen LogP contribution in [-0.4, -0.2) is 6.71 Å². The molecular formula is C67H75BN2. The lowest BCUT2D eigenvalue weighted by atomic mass is 9.33. The second-order valence-electron chi connectivity index (χ2n) is 26.1. The molecule has 0 fully saturated rings. The number of anilines is 6. The Morgan fingerprint density at radius 3 is 1.46 bits per heavy atom. The Morgan fingerprint density at radius 1 is 0.414 bits per heavy atom. The minimum Gasteiger partial charge on any atom is -0.311 e. The zero-order valence-corrected chi connectivity index (χ0v) is 45.0. The predicted octanol–water partition coefficient (Wildman–Crippen LogP) is 16.4. The van der Waals surface area contributed by atoms with Crippen LogP contribution in [-0.2, 0) is 32.5 Å². The topological polar surface area (TPSA) is 6.48 Å². The molecule has 2 aliphatic heterocycles. The third-order valence-corrected chi connectivity index (χ3v) is 18.0. The van der Waals surface area contributed by atoms with Gasteiger partial charge < -0.3 is 9.80 Å². The van der Waals surface area contributed by atoms with Crippen LogP contribution in [0.3, 0.4) is 0 Å². The first-order valence-electron chi connectivity index (χ1n) is 26.4. The monoisotopic (exact) mass is 919 g/mol. The molecule has 2 nitrogen and oxygen atoms in total. The van der Waals surface area contributed by atoms with E-state index in [1.54, 1.807) is 0 Å². The molecule has 0 N–H and O–H groups in total. The van der Waals surface area contributed by atoms with Gasteiger partial charge in [0.25, 0.3) is 6.71 Å². The van der Waals surface area contributed by atoms with Crippen molar-refractivity contribution in [3.05, 3.63) is 184 Å². The number of benzene rings is 7. The Bertz CT molecular complexity index is 3250. The maximum absolute atomic E-state index is 2.71. The van der Waals surface area contributed by atoms with Crippen molar-refractivity contribution >= 4 is 57.2 Å². The zero-order valence-electron chi connectivity index (χ0n) is 45.0. The first-order valence-corrected chi connectivity index (χ1v) is 26.4. The third kappa shape index (κ3) is 7.18. The van der Waals surface area contributed by atoms with Crippen molar-refractivity contribution in [2.45, 2.75) is 162 Å². The van der Waals surface area contributed by atoms with E-state index >= 15 is 0 Å². The summed E-state index contributed by atoms with van der Waals surface area (Å²) in [6, 6.07) is 52.8. The van der Waals surface area contributed by atoms with Crippen molar-refractivity contribution in [3.8, 4) is 11.1 Å². The van der Waals surface area contributed by atoms with Crippen molar-refractivity contribution in [3.63, 3.8) is 0 Å². The van der Waals surface area contributed by atoms with Gasteiger partial charge in [-0.15, -0.1) is 0 Å². The molecule has 4 aliphatic rings. The predicted molar refractivity (Wildman–Crippen MR) is 303 cm³/mol. The van der Waals surface area contributed by atoms with Crippen LogP contribution in [0.2, 0.25) is 0 Å². The van der Waals surface area contributed by atoms with Gasteiger partial charge in [-0.05, 0) is 181 Å². The SMILES string of the molecule is Cc1cc2c3c(c1)N(c1ccc(C(C)(C)C)cc1-c1ccccc1)c1cc4c(cc1B3c1cc(C(C)(C)c3ccccc3)ccc1N2c1cc2c(cc1C)C(C)(C)CCC2(C)C)C(C)(C)CCC4(C)C. The molecule has 0 unspecified atom stereocenters. The summed E-state index contributed by atoms with van der Waals surface area (Å²) in [6.07, 6.45) is 4.69. The maximum Gasteiger partial charge on any atom is 0.252 e. The molecule has 2 heterocycles. The maximum atomic E-state index is 2.71. The Kier molecular flexibility index (Phi) is 10.4. The van der Waals surface area contributed by atoms with Gasteiger partial charge in [-0.25, -0.2) is 0 Å². The number of rotatable bonds is 5. The lowest BCUT2D eigenvalue weighted by Gasteiger charge is -2.48. The van der Waals surface area contributed by atoms with Crippen molar-refractivity contribution in [1.82, 2.24) is 0 Å². The zero-order chi connectivity index (χ0) is 49.7. The van der Waals surface area contributed by atoms with E-state index in [4.69, 9.17) is 0 Å². The Morgan fingerprint density at radius 2 is 0.886 bits per heavy atom. The minimum absolute atomic E-state index is 0.00286. The average Bonchev–Trinajstić information content (AvgIpc) is 3.31. The van der Waals surface area contributed by atoms with Crippen molar-refractivity contribution in [2.24, 2.45) is 0 Å². The average molecular weight is 919 g/mol. The highest BCUT2D eigenvalue weighted by atomic mass is 15.2. The van der Waals surface area contributed by atoms with Crippen LogP contribution in [0.1, 0.15) is 166 Å². The lowest BCUT2D eigenvalue weighted by molar-refractivity contribution is 0.332. The fourth-order valence-corrected chi connectivity index (χ4v) is 13.1. The van der Waals surface area contributed by atoms with Gasteiger partial charge >= 0.3 is 0 Å². The largest absolute Gasteiger partial charge is 0.311 e. The van der Waals surface area contributed by atoms with Gasteiger partial charge in [-0.2, -0.15) is 0 Å². The summed E-state index contributed by atoms with van der Waals surface area (Å²) in [5.74, 6) is 0. The fourth-order valence-electron chi connectivity index (χ4n) is 13.1. The van der Waals surface area contributed by atoms with Crippen molar-refractivity contribution < 1.29 is 0 Å². The first-order chi connectivity index (χ1) is 32.9. The second-order valence-corrected chi connectivity index (χ2v) is 26.1. The lowest BCUT2D eigenvalue weighted by Crippen LogP contribution is -2.62. The molecule has 0 bridgehead atoms. The van der Waals surface area contributed by atoms with Crippen molar-refractivity contribution in [1.29, 1.82) is 0 Å². The molecule has 0 aromatic heterocycles. The smallest absolute Gasteiger partial charge is 0.252 e.